The minimum atomic E-state index is -0.506. The van der Waals surface area contributed by atoms with Gasteiger partial charge in [0.15, 0.2) is 0 Å². The molecule has 17 heavy (non-hydrogen) atoms. The Morgan fingerprint density at radius 2 is 2.24 bits per heavy atom. The Labute approximate surface area is 101 Å². The molecule has 6 heteroatoms. The van der Waals surface area contributed by atoms with Gasteiger partial charge in [-0.2, -0.15) is 0 Å². The number of nitrogens with one attached hydrogen (secondary N) is 1. The lowest BCUT2D eigenvalue weighted by Crippen LogP contribution is -2.46. The minimum absolute atomic E-state index is 0.159. The van der Waals surface area contributed by atoms with Gasteiger partial charge in [0.25, 0.3) is 0 Å². The largest absolute Gasteiger partial charge is 0.447 e. The van der Waals surface area contributed by atoms with Gasteiger partial charge in [0.2, 0.25) is 5.91 Å². The molecule has 0 spiro atoms. The molecule has 2 amide bonds. The molecule has 0 aromatic heterocycles. The highest BCUT2D eigenvalue weighted by Gasteiger charge is 2.30. The van der Waals surface area contributed by atoms with Crippen LogP contribution in [0.1, 0.15) is 12.8 Å². The molecule has 2 rings (SSSR count). The Bertz CT molecular complexity index is 302. The smallest absolute Gasteiger partial charge is 0.416 e. The van der Waals surface area contributed by atoms with Crippen LogP contribution in [-0.4, -0.2) is 67.7 Å². The number of cyclic esters (lactones) is 1. The molecule has 0 atom stereocenters. The van der Waals surface area contributed by atoms with Gasteiger partial charge in [0.05, 0.1) is 13.1 Å². The van der Waals surface area contributed by atoms with Crippen molar-refractivity contribution in [3.8, 4) is 0 Å². The first-order chi connectivity index (χ1) is 8.18. The van der Waals surface area contributed by atoms with Crippen molar-refractivity contribution in [2.24, 2.45) is 0 Å². The second-order valence-electron chi connectivity index (χ2n) is 4.56. The normalized spacial score (nSPS) is 22.0. The summed E-state index contributed by atoms with van der Waals surface area (Å²) in [5, 5.41) is 3.29. The highest BCUT2D eigenvalue weighted by Crippen LogP contribution is 2.11. The summed E-state index contributed by atoms with van der Waals surface area (Å²) < 4.78 is 4.75. The molecular weight excluding hydrogens is 222 g/mol. The van der Waals surface area contributed by atoms with E-state index in [0.29, 0.717) is 25.7 Å². The van der Waals surface area contributed by atoms with Gasteiger partial charge in [-0.05, 0) is 33.0 Å². The van der Waals surface area contributed by atoms with E-state index < -0.39 is 6.09 Å². The number of imide groups is 1. The Morgan fingerprint density at radius 3 is 2.82 bits per heavy atom. The van der Waals surface area contributed by atoms with Crippen LogP contribution < -0.4 is 5.32 Å². The van der Waals surface area contributed by atoms with Crippen LogP contribution in [0.2, 0.25) is 0 Å². The number of rotatable bonds is 3. The first-order valence-corrected chi connectivity index (χ1v) is 6.06. The zero-order valence-electron chi connectivity index (χ0n) is 10.1. The van der Waals surface area contributed by atoms with Crippen LogP contribution in [0.25, 0.3) is 0 Å². The molecule has 0 aromatic carbocycles. The molecule has 0 saturated carbocycles. The van der Waals surface area contributed by atoms with Crippen molar-refractivity contribution >= 4 is 12.0 Å². The molecule has 2 fully saturated rings. The van der Waals surface area contributed by atoms with E-state index in [4.69, 9.17) is 4.74 Å². The summed E-state index contributed by atoms with van der Waals surface area (Å²) in [6.45, 7) is 2.99. The number of carbonyl (C=O) groups is 2. The summed E-state index contributed by atoms with van der Waals surface area (Å²) in [4.78, 5) is 26.3. The van der Waals surface area contributed by atoms with E-state index >= 15 is 0 Å². The fraction of sp³-hybridized carbons (Fsp3) is 0.818. The van der Waals surface area contributed by atoms with Gasteiger partial charge in [0, 0.05) is 6.04 Å². The van der Waals surface area contributed by atoms with E-state index in [2.05, 4.69) is 5.32 Å². The molecule has 2 heterocycles. The van der Waals surface area contributed by atoms with Gasteiger partial charge >= 0.3 is 6.09 Å². The summed E-state index contributed by atoms with van der Waals surface area (Å²) in [6, 6.07) is 0.429. The summed E-state index contributed by atoms with van der Waals surface area (Å²) in [7, 11) is 1.94. The van der Waals surface area contributed by atoms with Crippen LogP contribution in [-0.2, 0) is 9.53 Å². The molecule has 2 aliphatic rings. The Kier molecular flexibility index (Phi) is 3.96. The number of carbonyl (C=O) groups excluding carboxylic acids is 2. The van der Waals surface area contributed by atoms with E-state index in [1.54, 1.807) is 0 Å². The summed E-state index contributed by atoms with van der Waals surface area (Å²) in [6.07, 6.45) is 1.59. The lowest BCUT2D eigenvalue weighted by molar-refractivity contribution is -0.129. The van der Waals surface area contributed by atoms with E-state index in [1.165, 1.54) is 4.90 Å². The van der Waals surface area contributed by atoms with Gasteiger partial charge in [-0.25, -0.2) is 9.69 Å². The average Bonchev–Trinajstić information content (AvgIpc) is 2.76. The van der Waals surface area contributed by atoms with Crippen LogP contribution in [0.15, 0.2) is 0 Å². The molecule has 1 N–H and O–H groups in total. The maximum Gasteiger partial charge on any atom is 0.416 e. The Hall–Kier alpha value is -1.14. The summed E-state index contributed by atoms with van der Waals surface area (Å²) in [5.41, 5.74) is 0. The summed E-state index contributed by atoms with van der Waals surface area (Å²) in [5.74, 6) is -0.159. The third-order valence-electron chi connectivity index (χ3n) is 3.38. The zero-order valence-corrected chi connectivity index (χ0v) is 10.1. The second-order valence-corrected chi connectivity index (χ2v) is 4.56. The third kappa shape index (κ3) is 2.95. The average molecular weight is 241 g/mol. The van der Waals surface area contributed by atoms with Gasteiger partial charge in [-0.1, -0.05) is 0 Å². The van der Waals surface area contributed by atoms with Crippen molar-refractivity contribution in [1.29, 1.82) is 0 Å². The minimum Gasteiger partial charge on any atom is -0.447 e. The van der Waals surface area contributed by atoms with Crippen molar-refractivity contribution in [1.82, 2.24) is 15.1 Å². The van der Waals surface area contributed by atoms with Crippen molar-refractivity contribution in [3.63, 3.8) is 0 Å². The van der Waals surface area contributed by atoms with E-state index in [9.17, 15) is 9.59 Å². The van der Waals surface area contributed by atoms with Crippen LogP contribution in [0.5, 0.6) is 0 Å². The topological polar surface area (TPSA) is 61.9 Å². The van der Waals surface area contributed by atoms with Crippen LogP contribution in [0, 0.1) is 0 Å². The van der Waals surface area contributed by atoms with Crippen molar-refractivity contribution < 1.29 is 14.3 Å². The van der Waals surface area contributed by atoms with E-state index in [0.717, 1.165) is 25.9 Å². The van der Waals surface area contributed by atoms with Gasteiger partial charge in [-0.15, -0.1) is 0 Å². The molecule has 2 saturated heterocycles. The summed E-state index contributed by atoms with van der Waals surface area (Å²) >= 11 is 0. The van der Waals surface area contributed by atoms with Gasteiger partial charge in [0.1, 0.15) is 6.61 Å². The molecular formula is C11H19N3O3. The zero-order chi connectivity index (χ0) is 12.3. The van der Waals surface area contributed by atoms with Crippen molar-refractivity contribution in [2.75, 3.05) is 39.8 Å². The van der Waals surface area contributed by atoms with Crippen LogP contribution >= 0.6 is 0 Å². The lowest BCUT2D eigenvalue weighted by atomic mass is 10.1. The monoisotopic (exact) mass is 241 g/mol. The quantitative estimate of drug-likeness (QED) is 0.731. The predicted octanol–water partition coefficient (Wildman–Crippen LogP) is -0.351. The number of likely N-dealkylation sites (N-methyl/N-ethyl adjacent to an activating group) is 1. The number of ether oxygens (including phenoxy) is 1. The third-order valence-corrected chi connectivity index (χ3v) is 3.38. The molecule has 0 unspecified atom stereocenters. The first kappa shape index (κ1) is 12.3. The van der Waals surface area contributed by atoms with E-state index in [1.807, 2.05) is 11.9 Å². The standard InChI is InChI=1S/C11H19N3O3/c1-13(9-2-4-12-5-3-9)8-10(15)14-6-7-17-11(14)16/h9,12H,2-8H2,1H3. The molecule has 0 aliphatic carbocycles. The Balaban J connectivity index is 1.82. The second kappa shape index (κ2) is 5.46. The fourth-order valence-electron chi connectivity index (χ4n) is 2.30. The lowest BCUT2D eigenvalue weighted by Gasteiger charge is -2.31. The van der Waals surface area contributed by atoms with Gasteiger partial charge in [-0.3, -0.25) is 9.69 Å². The maximum atomic E-state index is 11.9. The number of piperidine rings is 1. The Morgan fingerprint density at radius 1 is 1.53 bits per heavy atom. The molecule has 0 bridgehead atoms. The van der Waals surface area contributed by atoms with E-state index in [-0.39, 0.29) is 5.91 Å². The first-order valence-electron chi connectivity index (χ1n) is 6.06. The van der Waals surface area contributed by atoms with Gasteiger partial charge < -0.3 is 10.1 Å². The maximum absolute atomic E-state index is 11.9. The number of hydrogen-bond acceptors (Lipinski definition) is 5. The molecule has 96 valence electrons. The molecule has 6 nitrogen and oxygen atoms in total. The highest BCUT2D eigenvalue weighted by atomic mass is 16.6. The molecule has 0 aromatic rings. The highest BCUT2D eigenvalue weighted by molar-refractivity contribution is 5.94. The van der Waals surface area contributed by atoms with Crippen molar-refractivity contribution in [3.05, 3.63) is 0 Å². The molecule has 0 radical (unpaired) electrons. The number of nitrogens with zero attached hydrogens (tertiary/aromatic N) is 2. The van der Waals surface area contributed by atoms with Crippen LogP contribution in [0.4, 0.5) is 4.79 Å². The SMILES string of the molecule is CN(CC(=O)N1CCOC1=O)C1CCNCC1. The van der Waals surface area contributed by atoms with Crippen LogP contribution in [0.3, 0.4) is 0 Å². The molecule has 2 aliphatic heterocycles. The number of hydrogen-bond donors (Lipinski definition) is 1. The predicted molar refractivity (Wildman–Crippen MR) is 61.6 cm³/mol. The number of amides is 2. The fourth-order valence-corrected chi connectivity index (χ4v) is 2.30. The van der Waals surface area contributed by atoms with Crippen molar-refractivity contribution in [2.45, 2.75) is 18.9 Å².